The van der Waals surface area contributed by atoms with Gasteiger partial charge in [0.1, 0.15) is 6.33 Å². The van der Waals surface area contributed by atoms with Gasteiger partial charge in [-0.05, 0) is 18.2 Å². The van der Waals surface area contributed by atoms with Crippen molar-refractivity contribution >= 4 is 17.5 Å². The van der Waals surface area contributed by atoms with Gasteiger partial charge in [-0.1, -0.05) is 0 Å². The molecular weight excluding hydrogens is 234 g/mol. The number of pyridine rings is 1. The third-order valence-electron chi connectivity index (χ3n) is 2.23. The minimum Gasteiger partial charge on any atom is -0.477 e. The largest absolute Gasteiger partial charge is 0.477 e. The molecule has 0 atom stereocenters. The zero-order valence-electron chi connectivity index (χ0n) is 9.37. The summed E-state index contributed by atoms with van der Waals surface area (Å²) in [5, 5.41) is 11.8. The number of nitrogen functional groups attached to an aromatic ring is 1. The van der Waals surface area contributed by atoms with Gasteiger partial charge in [-0.3, -0.25) is 0 Å². The van der Waals surface area contributed by atoms with Crippen LogP contribution in [0.1, 0.15) is 16.2 Å². The number of anilines is 2. The van der Waals surface area contributed by atoms with Crippen molar-refractivity contribution in [2.45, 2.75) is 6.54 Å². The summed E-state index contributed by atoms with van der Waals surface area (Å²) in [5.74, 6) is -0.770. The van der Waals surface area contributed by atoms with E-state index in [4.69, 9.17) is 10.8 Å². The standard InChI is InChI=1S/C11H11N5O2/c12-8-1-2-9(11(17)18)16-10(8)14-5-7-3-4-13-6-15-7/h1-4,6H,5,12H2,(H,14,16)(H,17,18). The predicted octanol–water partition coefficient (Wildman–Crippen LogP) is 0.764. The molecule has 0 saturated carbocycles. The smallest absolute Gasteiger partial charge is 0.354 e. The van der Waals surface area contributed by atoms with Crippen molar-refractivity contribution in [2.75, 3.05) is 11.1 Å². The average molecular weight is 245 g/mol. The van der Waals surface area contributed by atoms with Gasteiger partial charge < -0.3 is 16.2 Å². The molecule has 18 heavy (non-hydrogen) atoms. The van der Waals surface area contributed by atoms with Crippen molar-refractivity contribution in [3.05, 3.63) is 42.1 Å². The SMILES string of the molecule is Nc1ccc(C(=O)O)nc1NCc1ccncn1. The number of hydrogen-bond donors (Lipinski definition) is 3. The van der Waals surface area contributed by atoms with Crippen LogP contribution in [-0.4, -0.2) is 26.0 Å². The molecule has 0 aliphatic carbocycles. The lowest BCUT2D eigenvalue weighted by molar-refractivity contribution is 0.0690. The highest BCUT2D eigenvalue weighted by Gasteiger charge is 2.08. The first-order valence-electron chi connectivity index (χ1n) is 5.15. The lowest BCUT2D eigenvalue weighted by atomic mass is 10.3. The van der Waals surface area contributed by atoms with E-state index in [-0.39, 0.29) is 5.69 Å². The third-order valence-corrected chi connectivity index (χ3v) is 2.23. The molecule has 7 heteroatoms. The summed E-state index contributed by atoms with van der Waals surface area (Å²) in [7, 11) is 0. The summed E-state index contributed by atoms with van der Waals surface area (Å²) >= 11 is 0. The summed E-state index contributed by atoms with van der Waals surface area (Å²) in [6.45, 7) is 0.392. The van der Waals surface area contributed by atoms with Crippen LogP contribution in [0, 0.1) is 0 Å². The Morgan fingerprint density at radius 3 is 2.89 bits per heavy atom. The maximum atomic E-state index is 10.8. The van der Waals surface area contributed by atoms with Gasteiger partial charge in [0.25, 0.3) is 0 Å². The fourth-order valence-corrected chi connectivity index (χ4v) is 1.33. The predicted molar refractivity (Wildman–Crippen MR) is 65.0 cm³/mol. The van der Waals surface area contributed by atoms with E-state index >= 15 is 0 Å². The lowest BCUT2D eigenvalue weighted by Crippen LogP contribution is -2.09. The molecule has 2 heterocycles. The van der Waals surface area contributed by atoms with E-state index in [1.807, 2.05) is 0 Å². The third kappa shape index (κ3) is 2.70. The maximum Gasteiger partial charge on any atom is 0.354 e. The zero-order valence-corrected chi connectivity index (χ0v) is 9.37. The van der Waals surface area contributed by atoms with Crippen LogP contribution in [0.15, 0.2) is 30.7 Å². The molecule has 2 aromatic rings. The molecule has 0 amide bonds. The van der Waals surface area contributed by atoms with Crippen molar-refractivity contribution in [2.24, 2.45) is 0 Å². The Hall–Kier alpha value is -2.70. The second-order valence-electron chi connectivity index (χ2n) is 3.49. The Balaban J connectivity index is 2.14. The second kappa shape index (κ2) is 5.09. The molecule has 0 fully saturated rings. The Labute approximate surface area is 103 Å². The number of aromatic carboxylic acids is 1. The molecule has 0 bridgehead atoms. The Bertz CT molecular complexity index is 559. The summed E-state index contributed by atoms with van der Waals surface area (Å²) in [6, 6.07) is 4.59. The van der Waals surface area contributed by atoms with Crippen LogP contribution < -0.4 is 11.1 Å². The molecule has 7 nitrogen and oxygen atoms in total. The number of carboxylic acids is 1. The van der Waals surface area contributed by atoms with Gasteiger partial charge in [-0.15, -0.1) is 0 Å². The maximum absolute atomic E-state index is 10.8. The number of nitrogens with zero attached hydrogens (tertiary/aromatic N) is 3. The van der Waals surface area contributed by atoms with Gasteiger partial charge in [0.15, 0.2) is 11.5 Å². The Morgan fingerprint density at radius 2 is 2.22 bits per heavy atom. The van der Waals surface area contributed by atoms with E-state index in [1.165, 1.54) is 18.5 Å². The van der Waals surface area contributed by atoms with E-state index in [1.54, 1.807) is 12.3 Å². The lowest BCUT2D eigenvalue weighted by Gasteiger charge is -2.08. The number of nitrogens with two attached hydrogens (primary N) is 1. The van der Waals surface area contributed by atoms with E-state index in [0.717, 1.165) is 5.69 Å². The number of hydrogen-bond acceptors (Lipinski definition) is 6. The van der Waals surface area contributed by atoms with Gasteiger partial charge in [-0.25, -0.2) is 19.7 Å². The average Bonchev–Trinajstić information content (AvgIpc) is 2.38. The molecule has 0 saturated heterocycles. The highest BCUT2D eigenvalue weighted by molar-refractivity contribution is 5.86. The van der Waals surface area contributed by atoms with Crippen LogP contribution in [0.25, 0.3) is 0 Å². The van der Waals surface area contributed by atoms with E-state index in [9.17, 15) is 4.79 Å². The Kier molecular flexibility index (Phi) is 3.33. The quantitative estimate of drug-likeness (QED) is 0.728. The van der Waals surface area contributed by atoms with Gasteiger partial charge >= 0.3 is 5.97 Å². The zero-order chi connectivity index (χ0) is 13.0. The van der Waals surface area contributed by atoms with Gasteiger partial charge in [0, 0.05) is 6.20 Å². The van der Waals surface area contributed by atoms with Crippen LogP contribution in [0.3, 0.4) is 0 Å². The molecular formula is C11H11N5O2. The molecule has 0 aliphatic rings. The van der Waals surface area contributed by atoms with Crippen LogP contribution >= 0.6 is 0 Å². The number of carbonyl (C=O) groups is 1. The van der Waals surface area contributed by atoms with Crippen molar-refractivity contribution in [3.63, 3.8) is 0 Å². The fraction of sp³-hybridized carbons (Fsp3) is 0.0909. The monoisotopic (exact) mass is 245 g/mol. The first-order valence-corrected chi connectivity index (χ1v) is 5.15. The van der Waals surface area contributed by atoms with Crippen molar-refractivity contribution < 1.29 is 9.90 Å². The molecule has 0 aromatic carbocycles. The number of nitrogens with one attached hydrogen (secondary N) is 1. The molecule has 0 radical (unpaired) electrons. The number of rotatable bonds is 4. The van der Waals surface area contributed by atoms with E-state index < -0.39 is 5.97 Å². The first-order chi connectivity index (χ1) is 8.66. The van der Waals surface area contributed by atoms with E-state index in [2.05, 4.69) is 20.3 Å². The van der Waals surface area contributed by atoms with Crippen LogP contribution in [0.2, 0.25) is 0 Å². The first kappa shape index (κ1) is 11.8. The molecule has 2 rings (SSSR count). The van der Waals surface area contributed by atoms with Crippen molar-refractivity contribution in [1.29, 1.82) is 0 Å². The molecule has 4 N–H and O–H groups in total. The topological polar surface area (TPSA) is 114 Å². The van der Waals surface area contributed by atoms with Crippen molar-refractivity contribution in [3.8, 4) is 0 Å². The highest BCUT2D eigenvalue weighted by Crippen LogP contribution is 2.16. The molecule has 92 valence electrons. The minimum absolute atomic E-state index is 0.0608. The van der Waals surface area contributed by atoms with Gasteiger partial charge in [0.2, 0.25) is 0 Å². The summed E-state index contributed by atoms with van der Waals surface area (Å²) < 4.78 is 0. The Morgan fingerprint density at radius 1 is 1.39 bits per heavy atom. The van der Waals surface area contributed by atoms with Crippen LogP contribution in [0.5, 0.6) is 0 Å². The molecule has 0 unspecified atom stereocenters. The molecule has 0 spiro atoms. The summed E-state index contributed by atoms with van der Waals surface area (Å²) in [5.41, 5.74) is 6.78. The summed E-state index contributed by atoms with van der Waals surface area (Å²) in [6.07, 6.45) is 3.05. The van der Waals surface area contributed by atoms with Crippen molar-refractivity contribution in [1.82, 2.24) is 15.0 Å². The fourth-order valence-electron chi connectivity index (χ4n) is 1.33. The minimum atomic E-state index is -1.10. The molecule has 0 aliphatic heterocycles. The second-order valence-corrected chi connectivity index (χ2v) is 3.49. The van der Waals surface area contributed by atoms with Gasteiger partial charge in [0.05, 0.1) is 17.9 Å². The van der Waals surface area contributed by atoms with E-state index in [0.29, 0.717) is 18.1 Å². The van der Waals surface area contributed by atoms with Crippen LogP contribution in [0.4, 0.5) is 11.5 Å². The molecule has 2 aromatic heterocycles. The number of carboxylic acid groups (broad SMARTS) is 1. The highest BCUT2D eigenvalue weighted by atomic mass is 16.4. The summed E-state index contributed by atoms with van der Waals surface area (Å²) in [4.78, 5) is 22.5. The normalized spacial score (nSPS) is 10.0. The van der Waals surface area contributed by atoms with Crippen LogP contribution in [-0.2, 0) is 6.54 Å². The number of aromatic nitrogens is 3. The van der Waals surface area contributed by atoms with Gasteiger partial charge in [-0.2, -0.15) is 0 Å².